The summed E-state index contributed by atoms with van der Waals surface area (Å²) >= 11 is 0. The van der Waals surface area contributed by atoms with Gasteiger partial charge in [0.15, 0.2) is 23.1 Å². The average Bonchev–Trinajstić information content (AvgIpc) is 2.91. The standard InChI is InChI=1S/C32H37F3O2/c1-3-4-5-6-19-36-29-17-15-26(20-28(29)33)24-13-9-23(10-14-24)21-37-30-18-16-27(31(34)32(30)35)25-11-7-22(2)8-12-25/h7-8,11-12,15-18,20,23-24H,3-6,9-10,13-14,19,21H2,1-2H3. The summed E-state index contributed by atoms with van der Waals surface area (Å²) in [4.78, 5) is 0. The Bertz CT molecular complexity index is 1150. The van der Waals surface area contributed by atoms with Gasteiger partial charge in [-0.1, -0.05) is 62.1 Å². The number of rotatable bonds is 11. The summed E-state index contributed by atoms with van der Waals surface area (Å²) in [5.41, 5.74) is 2.92. The topological polar surface area (TPSA) is 18.5 Å². The van der Waals surface area contributed by atoms with Crippen LogP contribution in [-0.4, -0.2) is 13.2 Å². The summed E-state index contributed by atoms with van der Waals surface area (Å²) in [5.74, 6) is -1.33. The monoisotopic (exact) mass is 510 g/mol. The first kappa shape index (κ1) is 27.1. The zero-order valence-corrected chi connectivity index (χ0v) is 21.9. The van der Waals surface area contributed by atoms with Gasteiger partial charge in [-0.25, -0.2) is 8.78 Å². The molecule has 0 N–H and O–H groups in total. The largest absolute Gasteiger partial charge is 0.491 e. The van der Waals surface area contributed by atoms with E-state index in [1.165, 1.54) is 12.5 Å². The molecule has 4 rings (SSSR count). The predicted octanol–water partition coefficient (Wildman–Crippen LogP) is 9.39. The fraction of sp³-hybridized carbons (Fsp3) is 0.438. The summed E-state index contributed by atoms with van der Waals surface area (Å²) in [5, 5.41) is 0. The third kappa shape index (κ3) is 7.09. The molecule has 5 heteroatoms. The van der Waals surface area contributed by atoms with E-state index in [2.05, 4.69) is 6.92 Å². The van der Waals surface area contributed by atoms with E-state index in [0.29, 0.717) is 24.5 Å². The van der Waals surface area contributed by atoms with Crippen LogP contribution in [0.3, 0.4) is 0 Å². The molecule has 0 radical (unpaired) electrons. The van der Waals surface area contributed by atoms with Crippen molar-refractivity contribution < 1.29 is 22.6 Å². The zero-order chi connectivity index (χ0) is 26.2. The fourth-order valence-electron chi connectivity index (χ4n) is 5.07. The second-order valence-corrected chi connectivity index (χ2v) is 10.2. The van der Waals surface area contributed by atoms with Crippen LogP contribution in [0.2, 0.25) is 0 Å². The predicted molar refractivity (Wildman–Crippen MR) is 143 cm³/mol. The van der Waals surface area contributed by atoms with Gasteiger partial charge < -0.3 is 9.47 Å². The fourth-order valence-corrected chi connectivity index (χ4v) is 5.07. The van der Waals surface area contributed by atoms with E-state index in [1.807, 2.05) is 25.1 Å². The quantitative estimate of drug-likeness (QED) is 0.239. The molecule has 2 nitrogen and oxygen atoms in total. The van der Waals surface area contributed by atoms with Crippen LogP contribution in [0.4, 0.5) is 13.2 Å². The van der Waals surface area contributed by atoms with Crippen LogP contribution in [0.5, 0.6) is 11.5 Å². The Morgan fingerprint density at radius 2 is 1.49 bits per heavy atom. The van der Waals surface area contributed by atoms with Gasteiger partial charge in [-0.3, -0.25) is 0 Å². The minimum Gasteiger partial charge on any atom is -0.491 e. The number of hydrogen-bond acceptors (Lipinski definition) is 2. The molecule has 0 heterocycles. The van der Waals surface area contributed by atoms with E-state index in [4.69, 9.17) is 9.47 Å². The van der Waals surface area contributed by atoms with Crippen LogP contribution in [0.25, 0.3) is 11.1 Å². The maximum absolute atomic E-state index is 14.7. The second kappa shape index (κ2) is 13.0. The molecule has 0 aromatic heterocycles. The lowest BCUT2D eigenvalue weighted by molar-refractivity contribution is 0.192. The molecule has 0 bridgehead atoms. The van der Waals surface area contributed by atoms with E-state index in [0.717, 1.165) is 56.1 Å². The molecule has 0 unspecified atom stereocenters. The van der Waals surface area contributed by atoms with Gasteiger partial charge in [-0.05, 0) is 86.3 Å². The SMILES string of the molecule is CCCCCCOc1ccc(C2CCC(COc3ccc(-c4ccc(C)cc4)c(F)c3F)CC2)cc1F. The summed E-state index contributed by atoms with van der Waals surface area (Å²) in [6.45, 7) is 4.99. The highest BCUT2D eigenvalue weighted by Crippen LogP contribution is 2.38. The van der Waals surface area contributed by atoms with Crippen LogP contribution in [0.15, 0.2) is 54.6 Å². The van der Waals surface area contributed by atoms with Crippen molar-refractivity contribution in [1.29, 1.82) is 0 Å². The molecule has 0 atom stereocenters. The maximum Gasteiger partial charge on any atom is 0.201 e. The van der Waals surface area contributed by atoms with Gasteiger partial charge in [0.05, 0.1) is 13.2 Å². The van der Waals surface area contributed by atoms with Crippen LogP contribution in [-0.2, 0) is 0 Å². The van der Waals surface area contributed by atoms with E-state index in [-0.39, 0.29) is 29.0 Å². The minimum atomic E-state index is -0.949. The molecule has 198 valence electrons. The van der Waals surface area contributed by atoms with E-state index >= 15 is 0 Å². The number of benzene rings is 3. The Hall–Kier alpha value is -2.95. The molecule has 1 aliphatic rings. The minimum absolute atomic E-state index is 0.0529. The molecule has 0 amide bonds. The summed E-state index contributed by atoms with van der Waals surface area (Å²) in [6, 6.07) is 15.7. The van der Waals surface area contributed by atoms with Gasteiger partial charge in [0, 0.05) is 5.56 Å². The molecule has 1 fully saturated rings. The van der Waals surface area contributed by atoms with Crippen LogP contribution in [0, 0.1) is 30.3 Å². The Morgan fingerprint density at radius 1 is 0.757 bits per heavy atom. The zero-order valence-electron chi connectivity index (χ0n) is 21.9. The first-order valence-corrected chi connectivity index (χ1v) is 13.6. The van der Waals surface area contributed by atoms with Crippen molar-refractivity contribution in [2.24, 2.45) is 5.92 Å². The third-order valence-electron chi connectivity index (χ3n) is 7.41. The molecule has 0 saturated heterocycles. The summed E-state index contributed by atoms with van der Waals surface area (Å²) in [6.07, 6.45) is 7.99. The highest BCUT2D eigenvalue weighted by Gasteiger charge is 2.25. The molecule has 0 spiro atoms. The van der Waals surface area contributed by atoms with Gasteiger partial charge in [-0.2, -0.15) is 4.39 Å². The van der Waals surface area contributed by atoms with Crippen molar-refractivity contribution >= 4 is 0 Å². The Morgan fingerprint density at radius 3 is 2.19 bits per heavy atom. The smallest absolute Gasteiger partial charge is 0.201 e. The average molecular weight is 511 g/mol. The molecule has 1 aliphatic carbocycles. The maximum atomic E-state index is 14.7. The van der Waals surface area contributed by atoms with Gasteiger partial charge >= 0.3 is 0 Å². The number of aryl methyl sites for hydroxylation is 1. The number of unbranched alkanes of at least 4 members (excludes halogenated alkanes) is 3. The first-order valence-electron chi connectivity index (χ1n) is 13.6. The van der Waals surface area contributed by atoms with Gasteiger partial charge in [-0.15, -0.1) is 0 Å². The van der Waals surface area contributed by atoms with Crippen LogP contribution < -0.4 is 9.47 Å². The molecule has 3 aromatic rings. The summed E-state index contributed by atoms with van der Waals surface area (Å²) < 4.78 is 55.4. The van der Waals surface area contributed by atoms with Gasteiger partial charge in [0.1, 0.15) is 0 Å². The number of ether oxygens (including phenoxy) is 2. The molecule has 3 aromatic carbocycles. The van der Waals surface area contributed by atoms with Crippen molar-refractivity contribution in [3.8, 4) is 22.6 Å². The third-order valence-corrected chi connectivity index (χ3v) is 7.41. The summed E-state index contributed by atoms with van der Waals surface area (Å²) in [7, 11) is 0. The van der Waals surface area contributed by atoms with Crippen molar-refractivity contribution in [2.75, 3.05) is 13.2 Å². The molecular weight excluding hydrogens is 473 g/mol. The molecule has 0 aliphatic heterocycles. The Balaban J connectivity index is 1.27. The second-order valence-electron chi connectivity index (χ2n) is 10.2. The van der Waals surface area contributed by atoms with E-state index < -0.39 is 11.6 Å². The lowest BCUT2D eigenvalue weighted by atomic mass is 9.79. The lowest BCUT2D eigenvalue weighted by Crippen LogP contribution is -2.19. The van der Waals surface area contributed by atoms with Crippen molar-refractivity contribution in [3.05, 3.63) is 83.2 Å². The Kier molecular flexibility index (Phi) is 9.54. The van der Waals surface area contributed by atoms with Crippen molar-refractivity contribution in [2.45, 2.75) is 71.1 Å². The van der Waals surface area contributed by atoms with E-state index in [9.17, 15) is 13.2 Å². The van der Waals surface area contributed by atoms with Crippen molar-refractivity contribution in [3.63, 3.8) is 0 Å². The van der Waals surface area contributed by atoms with Crippen LogP contribution >= 0.6 is 0 Å². The van der Waals surface area contributed by atoms with Crippen LogP contribution in [0.1, 0.15) is 75.3 Å². The molecule has 1 saturated carbocycles. The van der Waals surface area contributed by atoms with Crippen molar-refractivity contribution in [1.82, 2.24) is 0 Å². The highest BCUT2D eigenvalue weighted by molar-refractivity contribution is 5.65. The van der Waals surface area contributed by atoms with E-state index in [1.54, 1.807) is 30.3 Å². The normalized spacial score (nSPS) is 17.5. The Labute approximate surface area is 218 Å². The highest BCUT2D eigenvalue weighted by atomic mass is 19.2. The van der Waals surface area contributed by atoms with Gasteiger partial charge in [0.25, 0.3) is 0 Å². The number of halogens is 3. The van der Waals surface area contributed by atoms with Gasteiger partial charge in [0.2, 0.25) is 5.82 Å². The number of hydrogen-bond donors (Lipinski definition) is 0. The molecular formula is C32H37F3O2. The molecule has 37 heavy (non-hydrogen) atoms. The first-order chi connectivity index (χ1) is 18.0. The lowest BCUT2D eigenvalue weighted by Gasteiger charge is -2.29.